The molecule has 4 heteroatoms. The van der Waals surface area contributed by atoms with E-state index in [0.717, 1.165) is 26.1 Å². The summed E-state index contributed by atoms with van der Waals surface area (Å²) in [4.78, 5) is 0. The summed E-state index contributed by atoms with van der Waals surface area (Å²) in [6, 6.07) is 0. The summed E-state index contributed by atoms with van der Waals surface area (Å²) < 4.78 is 22.7. The first-order valence-electron chi connectivity index (χ1n) is 16.4. The minimum atomic E-state index is 0.0184. The fraction of sp³-hybridized carbons (Fsp3) is 0.939. The van der Waals surface area contributed by atoms with Crippen LogP contribution in [0.5, 0.6) is 0 Å². The van der Waals surface area contributed by atoms with E-state index in [9.17, 15) is 0 Å². The van der Waals surface area contributed by atoms with E-state index in [0.29, 0.717) is 13.4 Å². The highest BCUT2D eigenvalue weighted by molar-refractivity contribution is 4.72. The molecule has 0 rings (SSSR count). The van der Waals surface area contributed by atoms with Gasteiger partial charge in [-0.1, -0.05) is 123 Å². The predicted molar refractivity (Wildman–Crippen MR) is 160 cm³/mol. The fourth-order valence-electron chi connectivity index (χ4n) is 4.53. The number of hydrogen-bond acceptors (Lipinski definition) is 4. The first-order valence-corrected chi connectivity index (χ1v) is 16.4. The Morgan fingerprint density at radius 3 is 1.49 bits per heavy atom. The van der Waals surface area contributed by atoms with E-state index < -0.39 is 0 Å². The standard InChI is InChI=1S/C33H66O4/c1-4-7-9-11-22-26-30-36-33(37-31-27-23-12-10-8-5-2)28-24-20-18-16-14-13-15-17-19-21-25-29-35-32-34-6-3/h25,29,33H,4-24,26-28,30-32H2,1-3H3. The third-order valence-electron chi connectivity index (χ3n) is 6.96. The van der Waals surface area contributed by atoms with E-state index in [1.165, 1.54) is 135 Å². The zero-order valence-electron chi connectivity index (χ0n) is 25.5. The second kappa shape index (κ2) is 33.4. The van der Waals surface area contributed by atoms with E-state index in [4.69, 9.17) is 18.9 Å². The maximum atomic E-state index is 6.18. The average molecular weight is 527 g/mol. The number of allylic oxidation sites excluding steroid dienone is 1. The minimum absolute atomic E-state index is 0.0184. The minimum Gasteiger partial charge on any atom is -0.475 e. The molecule has 0 aliphatic rings. The zero-order valence-corrected chi connectivity index (χ0v) is 25.5. The maximum absolute atomic E-state index is 6.18. The van der Waals surface area contributed by atoms with Crippen LogP contribution < -0.4 is 0 Å². The first kappa shape index (κ1) is 36.4. The van der Waals surface area contributed by atoms with Crippen molar-refractivity contribution in [2.45, 2.75) is 175 Å². The first-order chi connectivity index (χ1) is 18.3. The Kier molecular flexibility index (Phi) is 32.9. The molecule has 0 aromatic carbocycles. The molecule has 0 radical (unpaired) electrons. The molecule has 0 aliphatic heterocycles. The van der Waals surface area contributed by atoms with Crippen molar-refractivity contribution < 1.29 is 18.9 Å². The third kappa shape index (κ3) is 31.5. The highest BCUT2D eigenvalue weighted by atomic mass is 16.7. The van der Waals surface area contributed by atoms with Crippen LogP contribution in [0.4, 0.5) is 0 Å². The lowest BCUT2D eigenvalue weighted by Crippen LogP contribution is -2.19. The normalized spacial score (nSPS) is 11.8. The Bertz CT molecular complexity index is 409. The molecule has 0 saturated heterocycles. The van der Waals surface area contributed by atoms with Gasteiger partial charge in [-0.05, 0) is 51.5 Å². The number of ether oxygens (including phenoxy) is 4. The third-order valence-corrected chi connectivity index (χ3v) is 6.96. The summed E-state index contributed by atoms with van der Waals surface area (Å²) in [7, 11) is 0. The molecule has 0 unspecified atom stereocenters. The van der Waals surface area contributed by atoms with Gasteiger partial charge < -0.3 is 18.9 Å². The van der Waals surface area contributed by atoms with Crippen LogP contribution in [0, 0.1) is 0 Å². The monoisotopic (exact) mass is 526 g/mol. The van der Waals surface area contributed by atoms with Crippen LogP contribution in [-0.2, 0) is 18.9 Å². The summed E-state index contributed by atoms with van der Waals surface area (Å²) >= 11 is 0. The van der Waals surface area contributed by atoms with Gasteiger partial charge in [0, 0.05) is 19.8 Å². The molecular formula is C33H66O4. The van der Waals surface area contributed by atoms with Crippen LogP contribution in [0.15, 0.2) is 12.3 Å². The molecule has 4 nitrogen and oxygen atoms in total. The molecule has 0 fully saturated rings. The molecule has 0 bridgehead atoms. The summed E-state index contributed by atoms with van der Waals surface area (Å²) in [5, 5.41) is 0. The van der Waals surface area contributed by atoms with Crippen molar-refractivity contribution in [1.82, 2.24) is 0 Å². The van der Waals surface area contributed by atoms with Crippen molar-refractivity contribution in [3.05, 3.63) is 12.3 Å². The predicted octanol–water partition coefficient (Wildman–Crippen LogP) is 10.9. The Morgan fingerprint density at radius 1 is 0.514 bits per heavy atom. The van der Waals surface area contributed by atoms with Gasteiger partial charge >= 0.3 is 0 Å². The van der Waals surface area contributed by atoms with Crippen molar-refractivity contribution in [2.75, 3.05) is 26.6 Å². The van der Waals surface area contributed by atoms with Crippen LogP contribution in [0.1, 0.15) is 168 Å². The quantitative estimate of drug-likeness (QED) is 0.0496. The van der Waals surface area contributed by atoms with Gasteiger partial charge in [0.1, 0.15) is 0 Å². The Hall–Kier alpha value is -0.580. The molecule has 0 heterocycles. The average Bonchev–Trinajstić information content (AvgIpc) is 2.91. The van der Waals surface area contributed by atoms with Crippen molar-refractivity contribution >= 4 is 0 Å². The van der Waals surface area contributed by atoms with Gasteiger partial charge in [-0.2, -0.15) is 0 Å². The van der Waals surface area contributed by atoms with Gasteiger partial charge in [-0.3, -0.25) is 0 Å². The van der Waals surface area contributed by atoms with E-state index in [1.54, 1.807) is 6.26 Å². The fourth-order valence-corrected chi connectivity index (χ4v) is 4.53. The molecular weight excluding hydrogens is 460 g/mol. The molecule has 0 amide bonds. The van der Waals surface area contributed by atoms with Gasteiger partial charge in [0.05, 0.1) is 6.26 Å². The van der Waals surface area contributed by atoms with Crippen molar-refractivity contribution in [2.24, 2.45) is 0 Å². The van der Waals surface area contributed by atoms with Crippen LogP contribution in [0.2, 0.25) is 0 Å². The lowest BCUT2D eigenvalue weighted by Gasteiger charge is -2.19. The zero-order chi connectivity index (χ0) is 26.9. The number of hydrogen-bond donors (Lipinski definition) is 0. The van der Waals surface area contributed by atoms with Crippen LogP contribution in [0.25, 0.3) is 0 Å². The van der Waals surface area contributed by atoms with E-state index in [-0.39, 0.29) is 6.29 Å². The molecule has 0 saturated carbocycles. The van der Waals surface area contributed by atoms with Crippen LogP contribution in [-0.4, -0.2) is 32.9 Å². The summed E-state index contributed by atoms with van der Waals surface area (Å²) in [6.07, 6.45) is 33.8. The Balaban J connectivity index is 3.73. The number of unbranched alkanes of at least 4 members (excludes halogenated alkanes) is 19. The Morgan fingerprint density at radius 2 is 0.973 bits per heavy atom. The SMILES string of the molecule is CCCCCCCCOC(CCCCCCCCCCCC=COCOCC)OCCCCCCCC. The van der Waals surface area contributed by atoms with Gasteiger partial charge in [-0.15, -0.1) is 0 Å². The van der Waals surface area contributed by atoms with E-state index in [1.807, 2.05) is 6.92 Å². The molecule has 0 aromatic heterocycles. The van der Waals surface area contributed by atoms with Crippen LogP contribution in [0.3, 0.4) is 0 Å². The van der Waals surface area contributed by atoms with Crippen molar-refractivity contribution in [3.63, 3.8) is 0 Å². The lowest BCUT2D eigenvalue weighted by molar-refractivity contribution is -0.148. The largest absolute Gasteiger partial charge is 0.475 e. The molecule has 37 heavy (non-hydrogen) atoms. The highest BCUT2D eigenvalue weighted by Crippen LogP contribution is 2.15. The van der Waals surface area contributed by atoms with E-state index >= 15 is 0 Å². The van der Waals surface area contributed by atoms with Crippen LogP contribution >= 0.6 is 0 Å². The lowest BCUT2D eigenvalue weighted by atomic mass is 10.1. The van der Waals surface area contributed by atoms with Gasteiger partial charge in [-0.25, -0.2) is 0 Å². The molecule has 0 aliphatic carbocycles. The molecule has 0 spiro atoms. The molecule has 222 valence electrons. The Labute approximate surface area is 232 Å². The second-order valence-electron chi connectivity index (χ2n) is 10.6. The topological polar surface area (TPSA) is 36.9 Å². The second-order valence-corrected chi connectivity index (χ2v) is 10.6. The summed E-state index contributed by atoms with van der Waals surface area (Å²) in [5.41, 5.74) is 0. The molecule has 0 N–H and O–H groups in total. The summed E-state index contributed by atoms with van der Waals surface area (Å²) in [6.45, 7) is 9.33. The molecule has 0 aromatic rings. The number of rotatable bonds is 32. The van der Waals surface area contributed by atoms with Gasteiger partial charge in [0.15, 0.2) is 13.1 Å². The van der Waals surface area contributed by atoms with Crippen molar-refractivity contribution in [3.8, 4) is 0 Å². The molecule has 0 atom stereocenters. The smallest absolute Gasteiger partial charge is 0.188 e. The van der Waals surface area contributed by atoms with Gasteiger partial charge in [0.25, 0.3) is 0 Å². The van der Waals surface area contributed by atoms with Crippen molar-refractivity contribution in [1.29, 1.82) is 0 Å². The van der Waals surface area contributed by atoms with Gasteiger partial charge in [0.2, 0.25) is 0 Å². The van der Waals surface area contributed by atoms with E-state index in [2.05, 4.69) is 19.9 Å². The highest BCUT2D eigenvalue weighted by Gasteiger charge is 2.09. The summed E-state index contributed by atoms with van der Waals surface area (Å²) in [5.74, 6) is 0. The maximum Gasteiger partial charge on any atom is 0.188 e.